The zero-order valence-electron chi connectivity index (χ0n) is 19.3. The van der Waals surface area contributed by atoms with Gasteiger partial charge in [0.05, 0.1) is 11.8 Å². The summed E-state index contributed by atoms with van der Waals surface area (Å²) in [5.74, 6) is -0.864. The predicted octanol–water partition coefficient (Wildman–Crippen LogP) is 6.61. The second kappa shape index (κ2) is 11.4. The lowest BCUT2D eigenvalue weighted by Gasteiger charge is -2.38. The van der Waals surface area contributed by atoms with Gasteiger partial charge in [-0.3, -0.25) is 9.59 Å². The molecular formula is C25H44O4. The Kier molecular flexibility index (Phi) is 9.49. The number of carboxylic acids is 1. The van der Waals surface area contributed by atoms with E-state index in [1.54, 1.807) is 0 Å². The van der Waals surface area contributed by atoms with E-state index in [-0.39, 0.29) is 17.5 Å². The van der Waals surface area contributed by atoms with Crippen molar-refractivity contribution >= 4 is 11.9 Å². The number of ether oxygens (including phenoxy) is 1. The smallest absolute Gasteiger partial charge is 0.310 e. The SMILES string of the molecule is CCCCC1CCC(C(CC(C)(C)CC)OC(=O)C2CCCCC2C(=O)O)CC1. The summed E-state index contributed by atoms with van der Waals surface area (Å²) >= 11 is 0. The van der Waals surface area contributed by atoms with Crippen LogP contribution in [-0.4, -0.2) is 23.1 Å². The fraction of sp³-hybridized carbons (Fsp3) is 0.920. The average molecular weight is 409 g/mol. The van der Waals surface area contributed by atoms with Crippen LogP contribution in [0.4, 0.5) is 0 Å². The third kappa shape index (κ3) is 7.29. The quantitative estimate of drug-likeness (QED) is 0.413. The third-order valence-electron chi connectivity index (χ3n) is 7.75. The van der Waals surface area contributed by atoms with E-state index < -0.39 is 17.8 Å². The lowest BCUT2D eigenvalue weighted by Crippen LogP contribution is -2.39. The van der Waals surface area contributed by atoms with Gasteiger partial charge in [0.15, 0.2) is 0 Å². The van der Waals surface area contributed by atoms with E-state index in [1.165, 1.54) is 32.1 Å². The van der Waals surface area contributed by atoms with E-state index in [0.29, 0.717) is 18.8 Å². The Hall–Kier alpha value is -1.06. The van der Waals surface area contributed by atoms with E-state index >= 15 is 0 Å². The number of carbonyl (C=O) groups is 2. The molecule has 0 radical (unpaired) electrons. The van der Waals surface area contributed by atoms with Crippen LogP contribution in [0.5, 0.6) is 0 Å². The van der Waals surface area contributed by atoms with Crippen molar-refractivity contribution in [2.45, 2.75) is 117 Å². The number of hydrogen-bond donors (Lipinski definition) is 1. The van der Waals surface area contributed by atoms with Crippen LogP contribution >= 0.6 is 0 Å². The molecule has 4 nitrogen and oxygen atoms in total. The molecule has 0 amide bonds. The monoisotopic (exact) mass is 408 g/mol. The van der Waals surface area contributed by atoms with Crippen LogP contribution in [0.1, 0.15) is 111 Å². The largest absolute Gasteiger partial charge is 0.481 e. The van der Waals surface area contributed by atoms with Crippen molar-refractivity contribution < 1.29 is 19.4 Å². The Bertz CT molecular complexity index is 519. The summed E-state index contributed by atoms with van der Waals surface area (Å²) in [5, 5.41) is 9.56. The van der Waals surface area contributed by atoms with Crippen LogP contribution in [0, 0.1) is 29.1 Å². The summed E-state index contributed by atoms with van der Waals surface area (Å²) in [7, 11) is 0. The number of rotatable bonds is 10. The number of carbonyl (C=O) groups excluding carboxylic acids is 1. The van der Waals surface area contributed by atoms with Crippen LogP contribution in [0.25, 0.3) is 0 Å². The molecule has 168 valence electrons. The summed E-state index contributed by atoms with van der Waals surface area (Å²) in [6, 6.07) is 0. The number of unbranched alkanes of at least 4 members (excludes halogenated alkanes) is 1. The van der Waals surface area contributed by atoms with Gasteiger partial charge in [-0.15, -0.1) is 0 Å². The van der Waals surface area contributed by atoms with Gasteiger partial charge in [0.25, 0.3) is 0 Å². The minimum atomic E-state index is -0.839. The van der Waals surface area contributed by atoms with E-state index in [0.717, 1.165) is 44.4 Å². The molecule has 0 aromatic carbocycles. The van der Waals surface area contributed by atoms with Gasteiger partial charge in [-0.2, -0.15) is 0 Å². The van der Waals surface area contributed by atoms with Gasteiger partial charge in [-0.1, -0.05) is 79.1 Å². The zero-order chi connectivity index (χ0) is 21.4. The maximum absolute atomic E-state index is 13.1. The number of carboxylic acid groups (broad SMARTS) is 1. The molecule has 2 aliphatic rings. The first kappa shape index (κ1) is 24.2. The van der Waals surface area contributed by atoms with Crippen molar-refractivity contribution in [3.63, 3.8) is 0 Å². The number of esters is 1. The molecule has 0 bridgehead atoms. The standard InChI is InChI=1S/C25H44O4/c1-5-7-10-18-13-15-19(16-14-18)22(17-25(3,4)6-2)29-24(28)21-12-9-8-11-20(21)23(26)27/h18-22H,5-17H2,1-4H3,(H,26,27). The molecule has 0 saturated heterocycles. The molecule has 0 aliphatic heterocycles. The molecule has 0 aromatic heterocycles. The van der Waals surface area contributed by atoms with Crippen molar-refractivity contribution in [1.29, 1.82) is 0 Å². The molecular weight excluding hydrogens is 364 g/mol. The molecule has 3 unspecified atom stereocenters. The van der Waals surface area contributed by atoms with Crippen molar-refractivity contribution in [2.75, 3.05) is 0 Å². The van der Waals surface area contributed by atoms with E-state index in [4.69, 9.17) is 4.74 Å². The molecule has 0 spiro atoms. The Morgan fingerprint density at radius 2 is 1.62 bits per heavy atom. The Morgan fingerprint density at radius 1 is 1.00 bits per heavy atom. The maximum Gasteiger partial charge on any atom is 0.310 e. The van der Waals surface area contributed by atoms with Crippen molar-refractivity contribution in [2.24, 2.45) is 29.1 Å². The van der Waals surface area contributed by atoms with Crippen LogP contribution in [-0.2, 0) is 14.3 Å². The molecule has 2 saturated carbocycles. The highest BCUT2D eigenvalue weighted by Crippen LogP contribution is 2.40. The summed E-state index contributed by atoms with van der Waals surface area (Å²) < 4.78 is 6.16. The van der Waals surface area contributed by atoms with Crippen LogP contribution in [0.15, 0.2) is 0 Å². The first-order valence-corrected chi connectivity index (χ1v) is 12.2. The maximum atomic E-state index is 13.1. The van der Waals surface area contributed by atoms with Gasteiger partial charge in [-0.25, -0.2) is 0 Å². The van der Waals surface area contributed by atoms with E-state index in [2.05, 4.69) is 27.7 Å². The highest BCUT2D eigenvalue weighted by Gasteiger charge is 2.40. The molecule has 0 aromatic rings. The lowest BCUT2D eigenvalue weighted by molar-refractivity contribution is -0.168. The molecule has 2 aliphatic carbocycles. The highest BCUT2D eigenvalue weighted by molar-refractivity contribution is 5.81. The summed E-state index contributed by atoms with van der Waals surface area (Å²) in [4.78, 5) is 24.7. The van der Waals surface area contributed by atoms with Gasteiger partial charge >= 0.3 is 11.9 Å². The fourth-order valence-electron chi connectivity index (χ4n) is 5.28. The van der Waals surface area contributed by atoms with Gasteiger partial charge in [0.2, 0.25) is 0 Å². The molecule has 29 heavy (non-hydrogen) atoms. The van der Waals surface area contributed by atoms with Crippen molar-refractivity contribution in [3.8, 4) is 0 Å². The van der Waals surface area contributed by atoms with E-state index in [9.17, 15) is 14.7 Å². The second-order valence-electron chi connectivity index (χ2n) is 10.5. The Labute approximate surface area is 178 Å². The normalized spacial score (nSPS) is 29.2. The minimum absolute atomic E-state index is 0.0686. The Balaban J connectivity index is 2.04. The molecule has 0 heterocycles. The molecule has 2 fully saturated rings. The molecule has 4 heteroatoms. The van der Waals surface area contributed by atoms with Gasteiger partial charge in [0.1, 0.15) is 6.10 Å². The van der Waals surface area contributed by atoms with Crippen LogP contribution in [0.3, 0.4) is 0 Å². The summed E-state index contributed by atoms with van der Waals surface area (Å²) in [6.07, 6.45) is 13.6. The predicted molar refractivity (Wildman–Crippen MR) is 117 cm³/mol. The first-order chi connectivity index (χ1) is 13.8. The summed E-state index contributed by atoms with van der Waals surface area (Å²) in [6.45, 7) is 8.95. The molecule has 3 atom stereocenters. The van der Waals surface area contributed by atoms with E-state index in [1.807, 2.05) is 0 Å². The van der Waals surface area contributed by atoms with Crippen molar-refractivity contribution in [1.82, 2.24) is 0 Å². The van der Waals surface area contributed by atoms with Gasteiger partial charge < -0.3 is 9.84 Å². The van der Waals surface area contributed by atoms with Gasteiger partial charge in [0, 0.05) is 0 Å². The van der Waals surface area contributed by atoms with Gasteiger partial charge in [-0.05, 0) is 49.4 Å². The van der Waals surface area contributed by atoms with Crippen LogP contribution in [0.2, 0.25) is 0 Å². The topological polar surface area (TPSA) is 63.6 Å². The lowest BCUT2D eigenvalue weighted by atomic mass is 9.73. The molecule has 2 rings (SSSR count). The minimum Gasteiger partial charge on any atom is -0.481 e. The third-order valence-corrected chi connectivity index (χ3v) is 7.75. The first-order valence-electron chi connectivity index (χ1n) is 12.2. The number of hydrogen-bond acceptors (Lipinski definition) is 3. The summed E-state index contributed by atoms with van der Waals surface area (Å²) in [5.41, 5.74) is 0.128. The average Bonchev–Trinajstić information content (AvgIpc) is 2.72. The molecule has 1 N–H and O–H groups in total. The Morgan fingerprint density at radius 3 is 2.17 bits per heavy atom. The highest BCUT2D eigenvalue weighted by atomic mass is 16.5. The fourth-order valence-corrected chi connectivity index (χ4v) is 5.28. The number of aliphatic carboxylic acids is 1. The second-order valence-corrected chi connectivity index (χ2v) is 10.5. The van der Waals surface area contributed by atoms with Crippen molar-refractivity contribution in [3.05, 3.63) is 0 Å². The van der Waals surface area contributed by atoms with Crippen LogP contribution < -0.4 is 0 Å². The zero-order valence-corrected chi connectivity index (χ0v) is 19.3.